The van der Waals surface area contributed by atoms with Gasteiger partial charge in [0.2, 0.25) is 5.91 Å². The maximum absolute atomic E-state index is 12.5. The molecule has 2 aromatic rings. The van der Waals surface area contributed by atoms with Crippen LogP contribution in [0, 0.1) is 6.92 Å². The molecule has 3 rings (SSSR count). The van der Waals surface area contributed by atoms with Gasteiger partial charge in [-0.3, -0.25) is 4.79 Å². The zero-order valence-corrected chi connectivity index (χ0v) is 14.8. The first-order valence-electron chi connectivity index (χ1n) is 9.09. The number of aliphatic hydroxyl groups is 1. The first kappa shape index (κ1) is 17.7. The molecule has 25 heavy (non-hydrogen) atoms. The molecule has 1 aliphatic rings. The largest absolute Gasteiger partial charge is 0.441 e. The zero-order chi connectivity index (χ0) is 17.6. The minimum atomic E-state index is 0.133. The molecule has 0 aliphatic carbocycles. The molecule has 0 radical (unpaired) electrons. The van der Waals surface area contributed by atoms with Crippen LogP contribution in [-0.4, -0.2) is 40.1 Å². The fourth-order valence-electron chi connectivity index (χ4n) is 3.41. The Labute approximate surface area is 148 Å². The SMILES string of the molecule is Cc1ccc(-c2cnc(CCC(=O)N3CCCCC3CCO)o2)cc1. The molecule has 0 spiro atoms. The van der Waals surface area contributed by atoms with E-state index in [-0.39, 0.29) is 18.6 Å². The van der Waals surface area contributed by atoms with Gasteiger partial charge < -0.3 is 14.4 Å². The number of amides is 1. The number of aryl methyl sites for hydroxylation is 2. The summed E-state index contributed by atoms with van der Waals surface area (Å²) in [6, 6.07) is 8.28. The van der Waals surface area contributed by atoms with Crippen LogP contribution < -0.4 is 0 Å². The van der Waals surface area contributed by atoms with Gasteiger partial charge in [-0.2, -0.15) is 0 Å². The number of carbonyl (C=O) groups is 1. The number of piperidine rings is 1. The number of hydrogen-bond donors (Lipinski definition) is 1. The van der Waals surface area contributed by atoms with Crippen molar-refractivity contribution >= 4 is 5.91 Å². The van der Waals surface area contributed by atoms with E-state index in [4.69, 9.17) is 4.42 Å². The normalized spacial score (nSPS) is 17.7. The van der Waals surface area contributed by atoms with Crippen LogP contribution in [0.15, 0.2) is 34.9 Å². The molecule has 1 aromatic carbocycles. The number of rotatable bonds is 6. The number of aromatic nitrogens is 1. The number of likely N-dealkylation sites (tertiary alicyclic amines) is 1. The summed E-state index contributed by atoms with van der Waals surface area (Å²) in [5, 5.41) is 9.19. The fraction of sp³-hybridized carbons (Fsp3) is 0.500. The summed E-state index contributed by atoms with van der Waals surface area (Å²) in [6.45, 7) is 2.98. The van der Waals surface area contributed by atoms with Gasteiger partial charge in [-0.15, -0.1) is 0 Å². The Hall–Kier alpha value is -2.14. The third-order valence-electron chi connectivity index (χ3n) is 4.85. The molecule has 1 N–H and O–H groups in total. The zero-order valence-electron chi connectivity index (χ0n) is 14.8. The molecule has 1 fully saturated rings. The van der Waals surface area contributed by atoms with Gasteiger partial charge in [-0.05, 0) is 32.6 Å². The lowest BCUT2D eigenvalue weighted by Gasteiger charge is -2.35. The predicted molar refractivity (Wildman–Crippen MR) is 96.1 cm³/mol. The quantitative estimate of drug-likeness (QED) is 0.874. The molecule has 5 nitrogen and oxygen atoms in total. The third kappa shape index (κ3) is 4.48. The van der Waals surface area contributed by atoms with E-state index in [1.807, 2.05) is 36.1 Å². The van der Waals surface area contributed by atoms with Gasteiger partial charge in [-0.1, -0.05) is 29.8 Å². The standard InChI is InChI=1S/C20H26N2O3/c1-15-5-7-16(8-6-15)18-14-21-19(25-18)9-10-20(24)22-12-3-2-4-17(22)11-13-23/h5-8,14,17,23H,2-4,9-13H2,1H3. The number of hydrogen-bond acceptors (Lipinski definition) is 4. The number of carbonyl (C=O) groups excluding carboxylic acids is 1. The Morgan fingerprint density at radius 3 is 2.88 bits per heavy atom. The molecule has 1 atom stereocenters. The lowest BCUT2D eigenvalue weighted by Crippen LogP contribution is -2.44. The first-order valence-corrected chi connectivity index (χ1v) is 9.09. The van der Waals surface area contributed by atoms with Gasteiger partial charge in [-0.25, -0.2) is 4.98 Å². The van der Waals surface area contributed by atoms with Gasteiger partial charge >= 0.3 is 0 Å². The predicted octanol–water partition coefficient (Wildman–Crippen LogP) is 3.35. The number of benzene rings is 1. The summed E-state index contributed by atoms with van der Waals surface area (Å²) in [7, 11) is 0. The van der Waals surface area contributed by atoms with Crippen molar-refractivity contribution in [3.8, 4) is 11.3 Å². The highest BCUT2D eigenvalue weighted by atomic mass is 16.4. The van der Waals surface area contributed by atoms with Gasteiger partial charge in [0.25, 0.3) is 0 Å². The van der Waals surface area contributed by atoms with Gasteiger partial charge in [0, 0.05) is 37.6 Å². The molecule has 2 heterocycles. The smallest absolute Gasteiger partial charge is 0.223 e. The highest BCUT2D eigenvalue weighted by Crippen LogP contribution is 2.23. The summed E-state index contributed by atoms with van der Waals surface area (Å²) in [6.07, 6.45) is 6.46. The summed E-state index contributed by atoms with van der Waals surface area (Å²) < 4.78 is 5.80. The number of oxazole rings is 1. The van der Waals surface area contributed by atoms with Crippen LogP contribution in [0.3, 0.4) is 0 Å². The summed E-state index contributed by atoms with van der Waals surface area (Å²) in [5.41, 5.74) is 2.20. The van der Waals surface area contributed by atoms with Crippen LogP contribution in [0.2, 0.25) is 0 Å². The Bertz CT molecular complexity index is 691. The monoisotopic (exact) mass is 342 g/mol. The minimum absolute atomic E-state index is 0.133. The fourth-order valence-corrected chi connectivity index (χ4v) is 3.41. The number of aliphatic hydroxyl groups excluding tert-OH is 1. The van der Waals surface area contributed by atoms with Crippen LogP contribution in [-0.2, 0) is 11.2 Å². The van der Waals surface area contributed by atoms with Crippen molar-refractivity contribution in [2.45, 2.75) is 51.5 Å². The average Bonchev–Trinajstić information content (AvgIpc) is 3.10. The van der Waals surface area contributed by atoms with Crippen molar-refractivity contribution in [1.82, 2.24) is 9.88 Å². The second-order valence-electron chi connectivity index (χ2n) is 6.73. The molecule has 1 unspecified atom stereocenters. The van der Waals surface area contributed by atoms with E-state index in [0.717, 1.165) is 37.1 Å². The number of nitrogens with zero attached hydrogens (tertiary/aromatic N) is 2. The molecular weight excluding hydrogens is 316 g/mol. The Morgan fingerprint density at radius 1 is 1.32 bits per heavy atom. The van der Waals surface area contributed by atoms with E-state index in [1.54, 1.807) is 6.20 Å². The van der Waals surface area contributed by atoms with Crippen LogP contribution in [0.1, 0.15) is 43.6 Å². The lowest BCUT2D eigenvalue weighted by atomic mass is 9.99. The highest BCUT2D eigenvalue weighted by Gasteiger charge is 2.26. The first-order chi connectivity index (χ1) is 12.2. The highest BCUT2D eigenvalue weighted by molar-refractivity contribution is 5.76. The van der Waals surface area contributed by atoms with E-state index < -0.39 is 0 Å². The van der Waals surface area contributed by atoms with Gasteiger partial charge in [0.1, 0.15) is 0 Å². The van der Waals surface area contributed by atoms with Crippen LogP contribution in [0.4, 0.5) is 0 Å². The minimum Gasteiger partial charge on any atom is -0.441 e. The molecule has 1 amide bonds. The lowest BCUT2D eigenvalue weighted by molar-refractivity contribution is -0.135. The van der Waals surface area contributed by atoms with Crippen LogP contribution in [0.25, 0.3) is 11.3 Å². The molecule has 1 aromatic heterocycles. The van der Waals surface area contributed by atoms with E-state index in [0.29, 0.717) is 25.2 Å². The summed E-state index contributed by atoms with van der Waals surface area (Å²) in [5.74, 6) is 1.46. The topological polar surface area (TPSA) is 66.6 Å². The van der Waals surface area contributed by atoms with E-state index in [9.17, 15) is 9.90 Å². The molecule has 1 aliphatic heterocycles. The van der Waals surface area contributed by atoms with Gasteiger partial charge in [0.15, 0.2) is 11.7 Å². The van der Waals surface area contributed by atoms with Crippen molar-refractivity contribution in [1.29, 1.82) is 0 Å². The van der Waals surface area contributed by atoms with Crippen LogP contribution >= 0.6 is 0 Å². The molecule has 0 bridgehead atoms. The molecule has 134 valence electrons. The van der Waals surface area contributed by atoms with Crippen molar-refractivity contribution in [3.05, 3.63) is 41.9 Å². The van der Waals surface area contributed by atoms with Crippen molar-refractivity contribution in [2.24, 2.45) is 0 Å². The van der Waals surface area contributed by atoms with E-state index in [1.165, 1.54) is 5.56 Å². The third-order valence-corrected chi connectivity index (χ3v) is 4.85. The van der Waals surface area contributed by atoms with E-state index in [2.05, 4.69) is 4.98 Å². The molecule has 5 heteroatoms. The second-order valence-corrected chi connectivity index (χ2v) is 6.73. The van der Waals surface area contributed by atoms with Crippen molar-refractivity contribution < 1.29 is 14.3 Å². The molecule has 1 saturated heterocycles. The maximum Gasteiger partial charge on any atom is 0.223 e. The van der Waals surface area contributed by atoms with Gasteiger partial charge in [0.05, 0.1) is 6.20 Å². The summed E-state index contributed by atoms with van der Waals surface area (Å²) >= 11 is 0. The van der Waals surface area contributed by atoms with E-state index >= 15 is 0 Å². The Morgan fingerprint density at radius 2 is 2.12 bits per heavy atom. The summed E-state index contributed by atoms with van der Waals surface area (Å²) in [4.78, 5) is 18.8. The Kier molecular flexibility index (Phi) is 5.87. The molecular formula is C20H26N2O3. The maximum atomic E-state index is 12.5. The van der Waals surface area contributed by atoms with Crippen molar-refractivity contribution in [3.63, 3.8) is 0 Å². The molecule has 0 saturated carbocycles. The average molecular weight is 342 g/mol. The Balaban J connectivity index is 1.58. The second kappa shape index (κ2) is 8.30. The van der Waals surface area contributed by atoms with Crippen molar-refractivity contribution in [2.75, 3.05) is 13.2 Å². The van der Waals surface area contributed by atoms with Crippen LogP contribution in [0.5, 0.6) is 0 Å².